The van der Waals surface area contributed by atoms with Crippen LogP contribution >= 0.6 is 27.5 Å². The van der Waals surface area contributed by atoms with E-state index in [-0.39, 0.29) is 5.02 Å². The first-order valence-electron chi connectivity index (χ1n) is 6.04. The van der Waals surface area contributed by atoms with Gasteiger partial charge in [0.25, 0.3) is 0 Å². The van der Waals surface area contributed by atoms with Crippen molar-refractivity contribution in [3.8, 4) is 22.6 Å². The predicted octanol–water partition coefficient (Wildman–Crippen LogP) is 4.76. The Hall–Kier alpha value is -1.85. The summed E-state index contributed by atoms with van der Waals surface area (Å²) >= 11 is 9.36. The van der Waals surface area contributed by atoms with Crippen LogP contribution in [0.1, 0.15) is 0 Å². The number of nitrogens with zero attached hydrogens (tertiary/aromatic N) is 3. The second kappa shape index (κ2) is 5.87. The number of benzene rings is 2. The fourth-order valence-corrected chi connectivity index (χ4v) is 2.34. The van der Waals surface area contributed by atoms with E-state index >= 15 is 0 Å². The number of hydrogen-bond donors (Lipinski definition) is 0. The van der Waals surface area contributed by atoms with Gasteiger partial charge in [-0.1, -0.05) is 39.7 Å². The monoisotopic (exact) mass is 363 g/mol. The molecule has 0 amide bonds. The molecule has 1 heterocycles. The first kappa shape index (κ1) is 14.1. The largest absolute Gasteiger partial charge is 0.233 e. The number of hydrogen-bond acceptors (Lipinski definition) is 3. The van der Waals surface area contributed by atoms with E-state index < -0.39 is 5.82 Å². The number of rotatable bonds is 2. The summed E-state index contributed by atoms with van der Waals surface area (Å²) in [4.78, 5) is 4.25. The van der Waals surface area contributed by atoms with Gasteiger partial charge in [-0.05, 0) is 30.3 Å². The van der Waals surface area contributed by atoms with Crippen molar-refractivity contribution in [2.24, 2.45) is 0 Å². The topological polar surface area (TPSA) is 38.7 Å². The summed E-state index contributed by atoms with van der Waals surface area (Å²) < 4.78 is 14.0. The highest BCUT2D eigenvalue weighted by Gasteiger charge is 2.09. The Labute approximate surface area is 134 Å². The molecule has 0 N–H and O–H groups in total. The van der Waals surface area contributed by atoms with E-state index in [1.165, 1.54) is 18.2 Å². The highest BCUT2D eigenvalue weighted by molar-refractivity contribution is 9.10. The summed E-state index contributed by atoms with van der Waals surface area (Å²) in [5, 5.41) is 8.45. The van der Waals surface area contributed by atoms with Crippen LogP contribution in [0.5, 0.6) is 0 Å². The van der Waals surface area contributed by atoms with Crippen molar-refractivity contribution in [3.63, 3.8) is 0 Å². The van der Waals surface area contributed by atoms with Crippen LogP contribution in [0.3, 0.4) is 0 Å². The Balaban J connectivity index is 1.95. The van der Waals surface area contributed by atoms with Crippen molar-refractivity contribution in [2.45, 2.75) is 0 Å². The fourth-order valence-electron chi connectivity index (χ4n) is 1.82. The number of halogens is 3. The Morgan fingerprint density at radius 1 is 1.00 bits per heavy atom. The second-order valence-corrected chi connectivity index (χ2v) is 5.62. The van der Waals surface area contributed by atoms with Crippen molar-refractivity contribution in [3.05, 3.63) is 64.0 Å². The molecule has 0 bridgehead atoms. The SMILES string of the molecule is Fc1ccc(-c2ncc(-c3ccc(Br)cc3)nn2)c(Cl)c1. The van der Waals surface area contributed by atoms with E-state index in [4.69, 9.17) is 11.6 Å². The van der Waals surface area contributed by atoms with Gasteiger partial charge in [-0.3, -0.25) is 0 Å². The van der Waals surface area contributed by atoms with Gasteiger partial charge in [0.2, 0.25) is 0 Å². The van der Waals surface area contributed by atoms with Crippen molar-refractivity contribution >= 4 is 27.5 Å². The van der Waals surface area contributed by atoms with Gasteiger partial charge in [-0.2, -0.15) is 0 Å². The summed E-state index contributed by atoms with van der Waals surface area (Å²) in [5.41, 5.74) is 2.12. The third kappa shape index (κ3) is 3.09. The van der Waals surface area contributed by atoms with Crippen molar-refractivity contribution < 1.29 is 4.39 Å². The van der Waals surface area contributed by atoms with E-state index in [0.717, 1.165) is 10.0 Å². The van der Waals surface area contributed by atoms with Crippen molar-refractivity contribution in [2.75, 3.05) is 0 Å². The van der Waals surface area contributed by atoms with E-state index in [9.17, 15) is 4.39 Å². The lowest BCUT2D eigenvalue weighted by Crippen LogP contribution is -1.95. The van der Waals surface area contributed by atoms with Gasteiger partial charge >= 0.3 is 0 Å². The van der Waals surface area contributed by atoms with Crippen LogP contribution in [0, 0.1) is 5.82 Å². The van der Waals surface area contributed by atoms with Gasteiger partial charge in [0, 0.05) is 15.6 Å². The quantitative estimate of drug-likeness (QED) is 0.658. The minimum Gasteiger partial charge on any atom is -0.233 e. The molecule has 3 rings (SSSR count). The average molecular weight is 365 g/mol. The highest BCUT2D eigenvalue weighted by atomic mass is 79.9. The molecule has 0 aliphatic heterocycles. The zero-order valence-corrected chi connectivity index (χ0v) is 12.9. The maximum absolute atomic E-state index is 13.0. The maximum atomic E-state index is 13.0. The Kier molecular flexibility index (Phi) is 3.94. The molecule has 0 saturated heterocycles. The molecule has 0 fully saturated rings. The minimum absolute atomic E-state index is 0.258. The third-order valence-electron chi connectivity index (χ3n) is 2.87. The van der Waals surface area contributed by atoms with Crippen molar-refractivity contribution in [1.29, 1.82) is 0 Å². The van der Waals surface area contributed by atoms with Gasteiger partial charge in [0.05, 0.1) is 11.2 Å². The highest BCUT2D eigenvalue weighted by Crippen LogP contribution is 2.26. The normalized spacial score (nSPS) is 10.6. The molecule has 21 heavy (non-hydrogen) atoms. The van der Waals surface area contributed by atoms with Gasteiger partial charge in [0.1, 0.15) is 11.5 Å². The van der Waals surface area contributed by atoms with Crippen LogP contribution in [0.2, 0.25) is 5.02 Å². The van der Waals surface area contributed by atoms with Gasteiger partial charge in [0.15, 0.2) is 5.82 Å². The predicted molar refractivity (Wildman–Crippen MR) is 83.4 cm³/mol. The standard InChI is InChI=1S/C15H8BrClFN3/c16-10-3-1-9(2-4-10)14-8-19-15(21-20-14)12-6-5-11(18)7-13(12)17/h1-8H. The summed E-state index contributed by atoms with van der Waals surface area (Å²) in [6.07, 6.45) is 1.62. The van der Waals surface area contributed by atoms with Crippen molar-refractivity contribution in [1.82, 2.24) is 15.2 Å². The second-order valence-electron chi connectivity index (χ2n) is 4.30. The molecule has 3 nitrogen and oxygen atoms in total. The van der Waals surface area contributed by atoms with E-state index in [1.54, 1.807) is 6.20 Å². The first-order chi connectivity index (χ1) is 10.1. The summed E-state index contributed by atoms with van der Waals surface area (Å²) in [6.45, 7) is 0. The summed E-state index contributed by atoms with van der Waals surface area (Å²) in [5.74, 6) is -0.0379. The molecule has 3 aromatic rings. The van der Waals surface area contributed by atoms with Crippen LogP contribution in [-0.2, 0) is 0 Å². The average Bonchev–Trinajstić information content (AvgIpc) is 2.48. The maximum Gasteiger partial charge on any atom is 0.183 e. The molecule has 0 unspecified atom stereocenters. The molecule has 0 atom stereocenters. The summed E-state index contributed by atoms with van der Waals surface area (Å²) in [6, 6.07) is 11.7. The molecule has 1 aromatic heterocycles. The van der Waals surface area contributed by atoms with Crippen LogP contribution in [-0.4, -0.2) is 15.2 Å². The molecule has 0 aliphatic carbocycles. The molecule has 0 radical (unpaired) electrons. The Morgan fingerprint density at radius 2 is 1.76 bits per heavy atom. The van der Waals surface area contributed by atoms with Gasteiger partial charge < -0.3 is 0 Å². The van der Waals surface area contributed by atoms with Gasteiger partial charge in [-0.15, -0.1) is 10.2 Å². The van der Waals surface area contributed by atoms with E-state index in [0.29, 0.717) is 17.1 Å². The zero-order chi connectivity index (χ0) is 14.8. The minimum atomic E-state index is -0.400. The lowest BCUT2D eigenvalue weighted by Gasteiger charge is -2.04. The zero-order valence-electron chi connectivity index (χ0n) is 10.6. The molecule has 0 saturated carbocycles. The lowest BCUT2D eigenvalue weighted by atomic mass is 10.1. The van der Waals surface area contributed by atoms with Crippen LogP contribution in [0.15, 0.2) is 53.1 Å². The molecular formula is C15H8BrClFN3. The van der Waals surface area contributed by atoms with E-state index in [1.807, 2.05) is 24.3 Å². The Bertz CT molecular complexity index is 776. The first-order valence-corrected chi connectivity index (χ1v) is 7.22. The Morgan fingerprint density at radius 3 is 2.38 bits per heavy atom. The fraction of sp³-hybridized carbons (Fsp3) is 0. The smallest absolute Gasteiger partial charge is 0.183 e. The van der Waals surface area contributed by atoms with E-state index in [2.05, 4.69) is 31.1 Å². The van der Waals surface area contributed by atoms with Gasteiger partial charge in [-0.25, -0.2) is 9.37 Å². The molecule has 6 heteroatoms. The van der Waals surface area contributed by atoms with Crippen LogP contribution < -0.4 is 0 Å². The molecule has 104 valence electrons. The number of aromatic nitrogens is 3. The van der Waals surface area contributed by atoms with Crippen LogP contribution in [0.4, 0.5) is 4.39 Å². The molecular weight excluding hydrogens is 357 g/mol. The molecule has 0 aliphatic rings. The molecule has 0 spiro atoms. The third-order valence-corrected chi connectivity index (χ3v) is 3.71. The lowest BCUT2D eigenvalue weighted by molar-refractivity contribution is 0.628. The summed E-state index contributed by atoms with van der Waals surface area (Å²) in [7, 11) is 0. The van der Waals surface area contributed by atoms with Crippen LogP contribution in [0.25, 0.3) is 22.6 Å². The molecule has 2 aromatic carbocycles.